The van der Waals surface area contributed by atoms with E-state index < -0.39 is 58.3 Å². The minimum atomic E-state index is -8.72. The highest BCUT2D eigenvalue weighted by Gasteiger charge is 2.95. The van der Waals surface area contributed by atoms with Crippen LogP contribution in [0.3, 0.4) is 0 Å². The van der Waals surface area contributed by atoms with Crippen LogP contribution >= 0.6 is 0 Å². The molecule has 0 spiro atoms. The quantitative estimate of drug-likeness (QED) is 0.354. The SMILES string of the molecule is FC(F)(F)C(F)(F)C(F)(F)C(F)(F)C(F)(F)C(F)(F)C(F)(F)C(F)(F)F.O=S(=O)(OF)OF. The van der Waals surface area contributed by atoms with E-state index in [2.05, 4.69) is 0 Å². The van der Waals surface area contributed by atoms with Gasteiger partial charge in [0.25, 0.3) is 0 Å². The van der Waals surface area contributed by atoms with E-state index in [0.717, 1.165) is 0 Å². The van der Waals surface area contributed by atoms with E-state index in [1.54, 1.807) is 0 Å². The Balaban J connectivity index is 0. The second-order valence-corrected chi connectivity index (χ2v) is 6.04. The molecule has 0 rings (SSSR count). The van der Waals surface area contributed by atoms with Crippen molar-refractivity contribution < 1.29 is 105 Å². The van der Waals surface area contributed by atoms with Crippen molar-refractivity contribution in [2.24, 2.45) is 0 Å². The van der Waals surface area contributed by atoms with Gasteiger partial charge in [-0.2, -0.15) is 87.4 Å². The lowest BCUT2D eigenvalue weighted by atomic mass is 9.91. The lowest BCUT2D eigenvalue weighted by Crippen LogP contribution is -2.74. The first-order valence-corrected chi connectivity index (χ1v) is 7.46. The first-order valence-electron chi connectivity index (χ1n) is 6.13. The monoisotopic (exact) mass is 572 g/mol. The zero-order valence-corrected chi connectivity index (χ0v) is 14.4. The van der Waals surface area contributed by atoms with Gasteiger partial charge in [0, 0.05) is 0 Å². The molecule has 0 atom stereocenters. The van der Waals surface area contributed by atoms with Crippen LogP contribution in [0.25, 0.3) is 0 Å². The maximum atomic E-state index is 12.8. The number of hydrogen-bond acceptors (Lipinski definition) is 4. The fraction of sp³-hybridized carbons (Fsp3) is 1.00. The van der Waals surface area contributed by atoms with Crippen LogP contribution in [0.1, 0.15) is 0 Å². The van der Waals surface area contributed by atoms with Gasteiger partial charge in [-0.25, -0.2) is 0 Å². The topological polar surface area (TPSA) is 52.6 Å². The van der Waals surface area contributed by atoms with Gasteiger partial charge in [-0.3, -0.25) is 0 Å². The summed E-state index contributed by atoms with van der Waals surface area (Å²) in [7, 11) is -4.99. The van der Waals surface area contributed by atoms with Crippen LogP contribution in [0.4, 0.5) is 88.1 Å². The number of rotatable bonds is 7. The summed E-state index contributed by atoms with van der Waals surface area (Å²) in [6, 6.07) is 0. The molecule has 0 unspecified atom stereocenters. The summed E-state index contributed by atoms with van der Waals surface area (Å²) in [5.41, 5.74) is 0. The largest absolute Gasteiger partial charge is 0.461 e. The second-order valence-electron chi connectivity index (χ2n) is 4.98. The second kappa shape index (κ2) is 8.92. The standard InChI is InChI=1S/C8F18.F2O4S/c9-1(10,3(13,14)5(17,18)7(21,22)23)2(11,12)4(15,16)6(19,20)8(24,25)26;1-5-7(3,4)6-2. The van der Waals surface area contributed by atoms with Gasteiger partial charge >= 0.3 is 58.3 Å². The third-order valence-electron chi connectivity index (χ3n) is 2.84. The summed E-state index contributed by atoms with van der Waals surface area (Å²) >= 11 is 0. The van der Waals surface area contributed by atoms with Crippen molar-refractivity contribution in [2.75, 3.05) is 0 Å². The van der Waals surface area contributed by atoms with Crippen molar-refractivity contribution >= 4 is 10.4 Å². The van der Waals surface area contributed by atoms with Crippen LogP contribution in [0.2, 0.25) is 0 Å². The smallest absolute Gasteiger partial charge is 0.192 e. The lowest BCUT2D eigenvalue weighted by Gasteiger charge is -2.41. The Labute approximate surface area is 165 Å². The summed E-state index contributed by atoms with van der Waals surface area (Å²) in [6.45, 7) is 0. The summed E-state index contributed by atoms with van der Waals surface area (Å²) in [5.74, 6) is -51.0. The van der Waals surface area contributed by atoms with E-state index in [9.17, 15) is 96.5 Å². The first kappa shape index (κ1) is 33.6. The van der Waals surface area contributed by atoms with Gasteiger partial charge in [-0.1, -0.05) is 0 Å². The van der Waals surface area contributed by atoms with Gasteiger partial charge in [0.15, 0.2) is 0 Å². The van der Waals surface area contributed by atoms with E-state index in [-0.39, 0.29) is 0 Å². The van der Waals surface area contributed by atoms with Gasteiger partial charge in [0.1, 0.15) is 0 Å². The van der Waals surface area contributed by atoms with E-state index in [0.29, 0.717) is 0 Å². The van der Waals surface area contributed by atoms with Crippen molar-refractivity contribution in [2.45, 2.75) is 47.9 Å². The average Bonchev–Trinajstić information content (AvgIpc) is 2.59. The molecule has 25 heteroatoms. The van der Waals surface area contributed by atoms with Crippen molar-refractivity contribution in [3.8, 4) is 0 Å². The van der Waals surface area contributed by atoms with Crippen molar-refractivity contribution in [1.82, 2.24) is 0 Å². The van der Waals surface area contributed by atoms with Crippen molar-refractivity contribution in [3.63, 3.8) is 0 Å². The predicted molar refractivity (Wildman–Crippen MR) is 55.1 cm³/mol. The highest BCUT2D eigenvalue weighted by molar-refractivity contribution is 7.81. The van der Waals surface area contributed by atoms with Crippen LogP contribution in [-0.2, 0) is 19.2 Å². The molecule has 0 bridgehead atoms. The van der Waals surface area contributed by atoms with Gasteiger partial charge in [0.05, 0.1) is 0 Å². The molecule has 202 valence electrons. The molecule has 0 N–H and O–H groups in total. The lowest BCUT2D eigenvalue weighted by molar-refractivity contribution is -0.468. The molecular weight excluding hydrogens is 572 g/mol. The Morgan fingerprint density at radius 2 is 0.515 bits per heavy atom. The molecule has 4 nitrogen and oxygen atoms in total. The Morgan fingerprint density at radius 1 is 0.364 bits per heavy atom. The maximum absolute atomic E-state index is 12.8. The Bertz CT molecular complexity index is 704. The predicted octanol–water partition coefficient (Wildman–Crippen LogP) is 5.96. The number of hydrogen-bond donors (Lipinski definition) is 0. The highest BCUT2D eigenvalue weighted by atomic mass is 32.3. The molecule has 0 fully saturated rings. The molecule has 0 saturated carbocycles. The van der Waals surface area contributed by atoms with E-state index in [1.165, 1.54) is 0 Å². The molecule has 0 aromatic carbocycles. The van der Waals surface area contributed by atoms with Crippen molar-refractivity contribution in [1.29, 1.82) is 0 Å². The molecule has 0 aromatic heterocycles. The Kier molecular flexibility index (Phi) is 9.09. The third kappa shape index (κ3) is 5.43. The number of halogens is 20. The van der Waals surface area contributed by atoms with Crippen LogP contribution in [-0.4, -0.2) is 56.3 Å². The van der Waals surface area contributed by atoms with Crippen LogP contribution in [0.15, 0.2) is 0 Å². The van der Waals surface area contributed by atoms with Gasteiger partial charge < -0.3 is 0 Å². The van der Waals surface area contributed by atoms with Gasteiger partial charge in [-0.15, -0.1) is 0 Å². The minimum absolute atomic E-state index is 1.96. The molecule has 0 heterocycles. The fourth-order valence-electron chi connectivity index (χ4n) is 1.15. The van der Waals surface area contributed by atoms with E-state index >= 15 is 0 Å². The first-order chi connectivity index (χ1) is 13.9. The number of alkyl halides is 18. The van der Waals surface area contributed by atoms with Gasteiger partial charge in [0.2, 0.25) is 0 Å². The van der Waals surface area contributed by atoms with Crippen LogP contribution < -0.4 is 0 Å². The molecular formula is C8F20O4S. The molecule has 0 saturated heterocycles. The minimum Gasteiger partial charge on any atom is -0.192 e. The van der Waals surface area contributed by atoms with E-state index in [1.807, 2.05) is 8.78 Å². The molecule has 0 aromatic rings. The Morgan fingerprint density at radius 3 is 0.606 bits per heavy atom. The van der Waals surface area contributed by atoms with Crippen LogP contribution in [0.5, 0.6) is 0 Å². The molecule has 33 heavy (non-hydrogen) atoms. The molecule has 0 amide bonds. The molecule has 0 radical (unpaired) electrons. The summed E-state index contributed by atoms with van der Waals surface area (Å²) < 4.78 is 264. The van der Waals surface area contributed by atoms with E-state index in [4.69, 9.17) is 0 Å². The normalized spacial score (nSPS) is 15.8. The Hall–Kier alpha value is -1.53. The van der Waals surface area contributed by atoms with Crippen molar-refractivity contribution in [3.05, 3.63) is 0 Å². The average molecular weight is 572 g/mol. The highest BCUT2D eigenvalue weighted by Crippen LogP contribution is 2.63. The zero-order chi connectivity index (χ0) is 27.9. The summed E-state index contributed by atoms with van der Waals surface area (Å²) in [4.78, 5) is 0. The van der Waals surface area contributed by atoms with Crippen LogP contribution in [0, 0.1) is 0 Å². The third-order valence-corrected chi connectivity index (χ3v) is 3.15. The zero-order valence-electron chi connectivity index (χ0n) is 13.6. The molecule has 0 aliphatic carbocycles. The van der Waals surface area contributed by atoms with Gasteiger partial charge in [-0.05, 0) is 17.8 Å². The molecule has 0 aliphatic heterocycles. The maximum Gasteiger partial charge on any atom is 0.461 e. The summed E-state index contributed by atoms with van der Waals surface area (Å²) in [6.07, 6.45) is -15.6. The summed E-state index contributed by atoms with van der Waals surface area (Å²) in [5, 5.41) is 0. The molecule has 0 aliphatic rings. The fourth-order valence-corrected chi connectivity index (χ4v) is 1.17.